The number of rotatable bonds is 3. The number of benzene rings is 2. The van der Waals surface area contributed by atoms with E-state index in [-0.39, 0.29) is 17.9 Å². The summed E-state index contributed by atoms with van der Waals surface area (Å²) < 4.78 is 25.9. The molecule has 0 aliphatic carbocycles. The number of anilines is 1. The van der Waals surface area contributed by atoms with Crippen molar-refractivity contribution in [3.05, 3.63) is 59.7 Å². The first-order valence-corrected chi connectivity index (χ1v) is 5.57. The van der Waals surface area contributed by atoms with Crippen molar-refractivity contribution in [1.82, 2.24) is 0 Å². The minimum atomic E-state index is -0.750. The smallest absolute Gasteiger partial charge is 0.228 e. The van der Waals surface area contributed by atoms with Gasteiger partial charge < -0.3 is 10.4 Å². The fraction of sp³-hybridized carbons (Fsp3) is 0.0714. The van der Waals surface area contributed by atoms with Gasteiger partial charge in [0.15, 0.2) is 0 Å². The van der Waals surface area contributed by atoms with E-state index in [2.05, 4.69) is 5.32 Å². The number of hydrogen-bond donors (Lipinski definition) is 2. The fourth-order valence-electron chi connectivity index (χ4n) is 1.63. The van der Waals surface area contributed by atoms with Crippen LogP contribution in [0.25, 0.3) is 0 Å². The zero-order valence-corrected chi connectivity index (χ0v) is 9.86. The predicted octanol–water partition coefficient (Wildman–Crippen LogP) is 2.85. The Bertz CT molecular complexity index is 577. The van der Waals surface area contributed by atoms with Crippen molar-refractivity contribution in [3.63, 3.8) is 0 Å². The number of phenols is 1. The Hall–Kier alpha value is -2.43. The summed E-state index contributed by atoms with van der Waals surface area (Å²) in [7, 11) is 0. The third-order valence-corrected chi connectivity index (χ3v) is 2.45. The molecule has 0 aliphatic rings. The second kappa shape index (κ2) is 5.48. The van der Waals surface area contributed by atoms with Crippen LogP contribution in [0.5, 0.6) is 5.75 Å². The maximum absolute atomic E-state index is 12.9. The number of amides is 1. The molecule has 0 unspecified atom stereocenters. The summed E-state index contributed by atoms with van der Waals surface area (Å²) in [6.07, 6.45) is 0.0540. The highest BCUT2D eigenvalue weighted by molar-refractivity contribution is 5.92. The second-order valence-electron chi connectivity index (χ2n) is 4.05. The first kappa shape index (κ1) is 13.0. The molecule has 1 amide bonds. The molecule has 2 aromatic rings. The molecule has 3 nitrogen and oxygen atoms in total. The maximum atomic E-state index is 12.9. The maximum Gasteiger partial charge on any atom is 0.228 e. The van der Waals surface area contributed by atoms with Gasteiger partial charge in [-0.3, -0.25) is 4.79 Å². The van der Waals surface area contributed by atoms with E-state index in [1.165, 1.54) is 12.1 Å². The highest BCUT2D eigenvalue weighted by atomic mass is 19.1. The number of aromatic hydroxyl groups is 1. The molecule has 19 heavy (non-hydrogen) atoms. The van der Waals surface area contributed by atoms with Gasteiger partial charge in [-0.05, 0) is 29.8 Å². The number of nitrogens with one attached hydrogen (secondary N) is 1. The van der Waals surface area contributed by atoms with Gasteiger partial charge >= 0.3 is 0 Å². The molecular weight excluding hydrogens is 252 g/mol. The number of carbonyl (C=O) groups excluding carboxylic acids is 1. The molecule has 0 heterocycles. The lowest BCUT2D eigenvalue weighted by Crippen LogP contribution is -2.14. The quantitative estimate of drug-likeness (QED) is 0.894. The number of hydrogen-bond acceptors (Lipinski definition) is 2. The molecule has 0 aromatic heterocycles. The van der Waals surface area contributed by atoms with Gasteiger partial charge in [-0.1, -0.05) is 12.1 Å². The van der Waals surface area contributed by atoms with Crippen molar-refractivity contribution < 1.29 is 18.7 Å². The Morgan fingerprint density at radius 2 is 1.63 bits per heavy atom. The molecule has 0 saturated heterocycles. The van der Waals surface area contributed by atoms with Gasteiger partial charge in [0, 0.05) is 11.8 Å². The fourth-order valence-corrected chi connectivity index (χ4v) is 1.63. The molecule has 0 bridgehead atoms. The first-order chi connectivity index (χ1) is 9.02. The van der Waals surface area contributed by atoms with Crippen LogP contribution in [0.3, 0.4) is 0 Å². The Morgan fingerprint density at radius 1 is 1.05 bits per heavy atom. The number of carbonyl (C=O) groups is 1. The highest BCUT2D eigenvalue weighted by Gasteiger charge is 2.06. The molecule has 2 aromatic carbocycles. The first-order valence-electron chi connectivity index (χ1n) is 5.57. The van der Waals surface area contributed by atoms with E-state index < -0.39 is 17.5 Å². The summed E-state index contributed by atoms with van der Waals surface area (Å²) in [5.74, 6) is -1.79. The Morgan fingerprint density at radius 3 is 2.21 bits per heavy atom. The van der Waals surface area contributed by atoms with Crippen molar-refractivity contribution in [1.29, 1.82) is 0 Å². The van der Waals surface area contributed by atoms with Crippen LogP contribution in [0.15, 0.2) is 42.5 Å². The van der Waals surface area contributed by atoms with Crippen molar-refractivity contribution in [2.45, 2.75) is 6.42 Å². The van der Waals surface area contributed by atoms with Gasteiger partial charge in [0.2, 0.25) is 5.91 Å². The van der Waals surface area contributed by atoms with Crippen molar-refractivity contribution in [2.24, 2.45) is 0 Å². The van der Waals surface area contributed by atoms with Gasteiger partial charge in [-0.25, -0.2) is 8.78 Å². The summed E-state index contributed by atoms with van der Waals surface area (Å²) in [5, 5.41) is 11.5. The molecule has 0 atom stereocenters. The average Bonchev–Trinajstić information content (AvgIpc) is 2.30. The normalized spacial score (nSPS) is 10.2. The molecule has 0 aliphatic heterocycles. The Kier molecular flexibility index (Phi) is 3.75. The minimum absolute atomic E-state index is 0.0540. The van der Waals surface area contributed by atoms with E-state index in [1.807, 2.05) is 0 Å². The zero-order chi connectivity index (χ0) is 13.8. The number of phenolic OH excluding ortho intramolecular Hbond substituents is 1. The average molecular weight is 263 g/mol. The molecule has 2 N–H and O–H groups in total. The molecule has 0 spiro atoms. The van der Waals surface area contributed by atoms with Crippen LogP contribution in [0.4, 0.5) is 14.5 Å². The van der Waals surface area contributed by atoms with Crippen LogP contribution in [-0.4, -0.2) is 11.0 Å². The van der Waals surface area contributed by atoms with E-state index in [9.17, 15) is 13.6 Å². The monoisotopic (exact) mass is 263 g/mol. The zero-order valence-electron chi connectivity index (χ0n) is 9.86. The molecule has 5 heteroatoms. The van der Waals surface area contributed by atoms with Crippen molar-refractivity contribution in [2.75, 3.05) is 5.32 Å². The lowest BCUT2D eigenvalue weighted by atomic mass is 10.1. The third kappa shape index (κ3) is 3.77. The molecule has 0 fully saturated rings. The van der Waals surface area contributed by atoms with Crippen LogP contribution < -0.4 is 5.32 Å². The van der Waals surface area contributed by atoms with E-state index in [4.69, 9.17) is 5.11 Å². The SMILES string of the molecule is O=C(Cc1ccc(O)cc1)Nc1cc(F)cc(F)c1. The van der Waals surface area contributed by atoms with E-state index in [0.29, 0.717) is 5.56 Å². The highest BCUT2D eigenvalue weighted by Crippen LogP contribution is 2.14. The van der Waals surface area contributed by atoms with Gasteiger partial charge in [0.05, 0.1) is 6.42 Å². The van der Waals surface area contributed by atoms with Crippen LogP contribution in [0.2, 0.25) is 0 Å². The number of halogens is 2. The van der Waals surface area contributed by atoms with Gasteiger partial charge in [0.1, 0.15) is 17.4 Å². The standard InChI is InChI=1S/C14H11F2NO2/c15-10-6-11(16)8-12(7-10)17-14(19)5-9-1-3-13(18)4-2-9/h1-4,6-8,18H,5H2,(H,17,19). The summed E-state index contributed by atoms with van der Waals surface area (Å²) in [4.78, 5) is 11.7. The van der Waals surface area contributed by atoms with Gasteiger partial charge in [-0.15, -0.1) is 0 Å². The summed E-state index contributed by atoms with van der Waals surface area (Å²) in [5.41, 5.74) is 0.758. The van der Waals surface area contributed by atoms with Gasteiger partial charge in [-0.2, -0.15) is 0 Å². The topological polar surface area (TPSA) is 49.3 Å². The predicted molar refractivity (Wildman–Crippen MR) is 66.8 cm³/mol. The van der Waals surface area contributed by atoms with Crippen LogP contribution >= 0.6 is 0 Å². The van der Waals surface area contributed by atoms with Crippen LogP contribution in [0, 0.1) is 11.6 Å². The summed E-state index contributed by atoms with van der Waals surface area (Å²) in [6, 6.07) is 8.93. The molecular formula is C14H11F2NO2. The second-order valence-corrected chi connectivity index (χ2v) is 4.05. The van der Waals surface area contributed by atoms with E-state index >= 15 is 0 Å². The van der Waals surface area contributed by atoms with Crippen LogP contribution in [0.1, 0.15) is 5.56 Å². The molecule has 0 radical (unpaired) electrons. The van der Waals surface area contributed by atoms with Crippen molar-refractivity contribution in [3.8, 4) is 5.75 Å². The molecule has 0 saturated carbocycles. The summed E-state index contributed by atoms with van der Waals surface area (Å²) >= 11 is 0. The molecule has 98 valence electrons. The largest absolute Gasteiger partial charge is 0.508 e. The lowest BCUT2D eigenvalue weighted by molar-refractivity contribution is -0.115. The van der Waals surface area contributed by atoms with Crippen LogP contribution in [-0.2, 0) is 11.2 Å². The molecule has 2 rings (SSSR count). The summed E-state index contributed by atoms with van der Waals surface area (Å²) in [6.45, 7) is 0. The minimum Gasteiger partial charge on any atom is -0.508 e. The lowest BCUT2D eigenvalue weighted by Gasteiger charge is -2.06. The van der Waals surface area contributed by atoms with Crippen molar-refractivity contribution >= 4 is 11.6 Å². The van der Waals surface area contributed by atoms with E-state index in [1.54, 1.807) is 12.1 Å². The Balaban J connectivity index is 2.03. The Labute approximate surface area is 108 Å². The third-order valence-electron chi connectivity index (χ3n) is 2.45. The van der Waals surface area contributed by atoms with Gasteiger partial charge in [0.25, 0.3) is 0 Å². The van der Waals surface area contributed by atoms with E-state index in [0.717, 1.165) is 18.2 Å².